The third-order valence-corrected chi connectivity index (χ3v) is 4.65. The summed E-state index contributed by atoms with van der Waals surface area (Å²) in [6.07, 6.45) is 0.0721. The van der Waals surface area contributed by atoms with Crippen molar-refractivity contribution in [1.29, 1.82) is 0 Å². The molecular formula is C18H27N5O5. The van der Waals surface area contributed by atoms with Crippen LogP contribution in [0.15, 0.2) is 11.1 Å². The number of hydrogen-bond donors (Lipinski definition) is 2. The minimum absolute atomic E-state index is 0.189. The Morgan fingerprint density at radius 3 is 2.79 bits per heavy atom. The van der Waals surface area contributed by atoms with E-state index < -0.39 is 24.4 Å². The van der Waals surface area contributed by atoms with E-state index in [1.807, 2.05) is 6.92 Å². The zero-order valence-electron chi connectivity index (χ0n) is 16.8. The van der Waals surface area contributed by atoms with E-state index in [0.717, 1.165) is 0 Å². The van der Waals surface area contributed by atoms with Gasteiger partial charge in [-0.3, -0.25) is 19.1 Å². The summed E-state index contributed by atoms with van der Waals surface area (Å²) in [5.41, 5.74) is 0.185. The lowest BCUT2D eigenvalue weighted by atomic mass is 10.1. The summed E-state index contributed by atoms with van der Waals surface area (Å²) in [7, 11) is 1.55. The van der Waals surface area contributed by atoms with Crippen LogP contribution < -0.4 is 10.9 Å². The van der Waals surface area contributed by atoms with Crippen molar-refractivity contribution >= 4 is 23.1 Å². The fourth-order valence-electron chi connectivity index (χ4n) is 3.36. The third-order valence-electron chi connectivity index (χ3n) is 4.65. The van der Waals surface area contributed by atoms with Crippen LogP contribution in [0.5, 0.6) is 0 Å². The number of rotatable bonds is 7. The molecule has 154 valence electrons. The van der Waals surface area contributed by atoms with Crippen molar-refractivity contribution < 1.29 is 19.0 Å². The van der Waals surface area contributed by atoms with Gasteiger partial charge in [0.15, 0.2) is 23.5 Å². The van der Waals surface area contributed by atoms with Crippen molar-refractivity contribution in [2.75, 3.05) is 19.0 Å². The number of carbonyl (C=O) groups excluding carboxylic acids is 1. The van der Waals surface area contributed by atoms with Crippen molar-refractivity contribution in [1.82, 2.24) is 19.5 Å². The maximum atomic E-state index is 12.4. The van der Waals surface area contributed by atoms with Gasteiger partial charge in [0.25, 0.3) is 5.56 Å². The molecule has 0 radical (unpaired) electrons. The van der Waals surface area contributed by atoms with Crippen LogP contribution in [0.4, 0.5) is 5.95 Å². The number of aromatic nitrogens is 4. The first-order valence-corrected chi connectivity index (χ1v) is 9.41. The molecule has 2 N–H and O–H groups in total. The van der Waals surface area contributed by atoms with Gasteiger partial charge in [-0.2, -0.15) is 4.98 Å². The first-order valence-electron chi connectivity index (χ1n) is 9.41. The Morgan fingerprint density at radius 2 is 2.18 bits per heavy atom. The molecule has 28 heavy (non-hydrogen) atoms. The van der Waals surface area contributed by atoms with E-state index in [2.05, 4.69) is 34.1 Å². The van der Waals surface area contributed by atoms with Gasteiger partial charge >= 0.3 is 5.97 Å². The largest absolute Gasteiger partial charge is 0.455 e. The molecule has 1 unspecified atom stereocenters. The van der Waals surface area contributed by atoms with Crippen LogP contribution in [0, 0.1) is 5.92 Å². The quantitative estimate of drug-likeness (QED) is 0.678. The Bertz CT molecular complexity index is 892. The van der Waals surface area contributed by atoms with Crippen molar-refractivity contribution in [2.45, 2.75) is 58.7 Å². The summed E-state index contributed by atoms with van der Waals surface area (Å²) in [6.45, 7) is 8.07. The topological polar surface area (TPSA) is 120 Å². The van der Waals surface area contributed by atoms with Crippen LogP contribution in [0.1, 0.15) is 40.3 Å². The fourth-order valence-corrected chi connectivity index (χ4v) is 3.36. The number of esters is 1. The van der Waals surface area contributed by atoms with Crippen molar-refractivity contribution in [3.63, 3.8) is 0 Å². The number of anilines is 1. The van der Waals surface area contributed by atoms with Crippen molar-refractivity contribution in [3.8, 4) is 0 Å². The Hall–Kier alpha value is -2.46. The summed E-state index contributed by atoms with van der Waals surface area (Å²) in [6, 6.07) is 0. The number of hydrogen-bond acceptors (Lipinski definition) is 8. The molecular weight excluding hydrogens is 366 g/mol. The van der Waals surface area contributed by atoms with Crippen LogP contribution >= 0.6 is 0 Å². The average molecular weight is 393 g/mol. The Labute approximate surface area is 162 Å². The fraction of sp³-hybridized carbons (Fsp3) is 0.667. The maximum absolute atomic E-state index is 12.4. The second-order valence-electron chi connectivity index (χ2n) is 7.26. The highest BCUT2D eigenvalue weighted by Gasteiger charge is 2.48. The first kappa shape index (κ1) is 20.3. The molecule has 2 aromatic rings. The molecule has 1 fully saturated rings. The van der Waals surface area contributed by atoms with Gasteiger partial charge in [-0.25, -0.2) is 4.98 Å². The van der Waals surface area contributed by atoms with Crippen LogP contribution in [-0.4, -0.2) is 57.5 Å². The maximum Gasteiger partial charge on any atom is 0.303 e. The Balaban J connectivity index is 2.03. The lowest BCUT2D eigenvalue weighted by molar-refractivity contribution is -0.156. The van der Waals surface area contributed by atoms with Gasteiger partial charge in [-0.05, 0) is 12.3 Å². The third kappa shape index (κ3) is 3.88. The monoisotopic (exact) mass is 393 g/mol. The van der Waals surface area contributed by atoms with Gasteiger partial charge in [0.1, 0.15) is 6.10 Å². The van der Waals surface area contributed by atoms with Gasteiger partial charge in [0.2, 0.25) is 5.95 Å². The lowest BCUT2D eigenvalue weighted by Gasteiger charge is -2.23. The molecule has 10 nitrogen and oxygen atoms in total. The number of ether oxygens (including phenoxy) is 3. The molecule has 0 aliphatic carbocycles. The molecule has 10 heteroatoms. The summed E-state index contributed by atoms with van der Waals surface area (Å²) >= 11 is 0. The number of imidazole rings is 1. The highest BCUT2D eigenvalue weighted by Crippen LogP contribution is 2.36. The summed E-state index contributed by atoms with van der Waals surface area (Å²) in [5.74, 6) is 0.294. The number of fused-ring (bicyclic) bond motifs is 1. The molecule has 0 aromatic carbocycles. The van der Waals surface area contributed by atoms with Crippen LogP contribution in [0.2, 0.25) is 0 Å². The standard InChI is InChI=1S/C18H27N5O5/c1-6-11-13(26-5)14(27-10(4)24)17(28-11)23-8-20-12-15(23)21-18(22-16(12)25)19-7-9(2)3/h8-9,11,13-14,17H,6-7H2,1-5H3,(H2,19,21,22,25)/t11-,13+,14?,17-/m1/s1. The van der Waals surface area contributed by atoms with Gasteiger partial charge in [0, 0.05) is 20.6 Å². The second-order valence-corrected chi connectivity index (χ2v) is 7.26. The molecule has 1 aliphatic heterocycles. The number of nitrogens with one attached hydrogen (secondary N) is 2. The average Bonchev–Trinajstić information content (AvgIpc) is 3.20. The summed E-state index contributed by atoms with van der Waals surface area (Å²) in [4.78, 5) is 35.4. The molecule has 1 saturated heterocycles. The van der Waals surface area contributed by atoms with Gasteiger partial charge in [-0.15, -0.1) is 0 Å². The minimum Gasteiger partial charge on any atom is -0.455 e. The zero-order chi connectivity index (χ0) is 20.4. The number of aromatic amines is 1. The van der Waals surface area contributed by atoms with E-state index in [4.69, 9.17) is 14.2 Å². The molecule has 3 heterocycles. The smallest absolute Gasteiger partial charge is 0.303 e. The zero-order valence-corrected chi connectivity index (χ0v) is 16.8. The highest BCUT2D eigenvalue weighted by molar-refractivity contribution is 5.71. The van der Waals surface area contributed by atoms with Gasteiger partial charge in [0.05, 0.1) is 12.4 Å². The van der Waals surface area contributed by atoms with E-state index in [9.17, 15) is 9.59 Å². The second kappa shape index (κ2) is 8.27. The van der Waals surface area contributed by atoms with E-state index in [1.165, 1.54) is 13.3 Å². The van der Waals surface area contributed by atoms with E-state index in [0.29, 0.717) is 30.5 Å². The van der Waals surface area contributed by atoms with E-state index in [-0.39, 0.29) is 17.2 Å². The van der Waals surface area contributed by atoms with E-state index >= 15 is 0 Å². The Kier molecular flexibility index (Phi) is 5.99. The molecule has 0 saturated carbocycles. The highest BCUT2D eigenvalue weighted by atomic mass is 16.6. The molecule has 0 bridgehead atoms. The number of H-pyrrole nitrogens is 1. The minimum atomic E-state index is -0.698. The van der Waals surface area contributed by atoms with E-state index in [1.54, 1.807) is 11.7 Å². The Morgan fingerprint density at radius 1 is 1.43 bits per heavy atom. The predicted molar refractivity (Wildman–Crippen MR) is 102 cm³/mol. The van der Waals surface area contributed by atoms with Crippen LogP contribution in [0.3, 0.4) is 0 Å². The molecule has 3 rings (SSSR count). The molecule has 2 aromatic heterocycles. The molecule has 1 aliphatic rings. The van der Waals surface area contributed by atoms with Gasteiger partial charge in [-0.1, -0.05) is 20.8 Å². The number of methoxy groups -OCH3 is 1. The first-order chi connectivity index (χ1) is 13.3. The van der Waals surface area contributed by atoms with Gasteiger partial charge < -0.3 is 19.5 Å². The molecule has 0 spiro atoms. The molecule has 4 atom stereocenters. The van der Waals surface area contributed by atoms with Crippen LogP contribution in [-0.2, 0) is 19.0 Å². The number of carbonyl (C=O) groups is 1. The number of nitrogens with zero attached hydrogens (tertiary/aromatic N) is 3. The normalized spacial score (nSPS) is 24.8. The van der Waals surface area contributed by atoms with Crippen molar-refractivity contribution in [2.24, 2.45) is 5.92 Å². The molecule has 0 amide bonds. The lowest BCUT2D eigenvalue weighted by Crippen LogP contribution is -2.36. The SMILES string of the molecule is CC[C@H]1O[C@@H](n2cnc3c(=O)[nH]c(NCC(C)C)nc32)C(OC(C)=O)[C@H]1OC. The van der Waals surface area contributed by atoms with Crippen LogP contribution in [0.25, 0.3) is 11.2 Å². The summed E-state index contributed by atoms with van der Waals surface area (Å²) < 4.78 is 18.8. The van der Waals surface area contributed by atoms with Crippen molar-refractivity contribution in [3.05, 3.63) is 16.7 Å². The predicted octanol–water partition coefficient (Wildman–Crippen LogP) is 1.44. The summed E-state index contributed by atoms with van der Waals surface area (Å²) in [5, 5.41) is 3.11.